The van der Waals surface area contributed by atoms with Gasteiger partial charge < -0.3 is 5.32 Å². The molecule has 1 fully saturated rings. The zero-order valence-electron chi connectivity index (χ0n) is 12.5. The van der Waals surface area contributed by atoms with Crippen LogP contribution in [0.4, 0.5) is 5.95 Å². The maximum atomic E-state index is 12.4. The summed E-state index contributed by atoms with van der Waals surface area (Å²) >= 11 is 0. The summed E-state index contributed by atoms with van der Waals surface area (Å²) < 4.78 is 0. The predicted octanol–water partition coefficient (Wildman–Crippen LogP) is 1.47. The minimum absolute atomic E-state index is 0.0784. The van der Waals surface area contributed by atoms with Gasteiger partial charge in [0.1, 0.15) is 0 Å². The first kappa shape index (κ1) is 14.8. The van der Waals surface area contributed by atoms with Crippen molar-refractivity contribution in [2.45, 2.75) is 58.4 Å². The molecule has 2 heterocycles. The second kappa shape index (κ2) is 6.26. The van der Waals surface area contributed by atoms with Crippen LogP contribution < -0.4 is 10.6 Å². The number of aryl methyl sites for hydroxylation is 2. The molecular formula is C14H23N5O. The van der Waals surface area contributed by atoms with Gasteiger partial charge in [-0.15, -0.1) is 10.2 Å². The van der Waals surface area contributed by atoms with Gasteiger partial charge in [-0.1, -0.05) is 13.8 Å². The first-order chi connectivity index (χ1) is 9.59. The lowest BCUT2D eigenvalue weighted by Crippen LogP contribution is -2.54. The molecule has 0 bridgehead atoms. The summed E-state index contributed by atoms with van der Waals surface area (Å²) in [4.78, 5) is 16.8. The van der Waals surface area contributed by atoms with Gasteiger partial charge in [0.05, 0.1) is 16.9 Å². The standard InChI is InChI=1S/C14H23N5O/c1-4-10-11(5-2)18-19-13(16-10)17-12(20)14(3)8-6-7-9-15-14/h15H,4-9H2,1-3H3,(H,16,17,19,20). The summed E-state index contributed by atoms with van der Waals surface area (Å²) in [6.07, 6.45) is 4.60. The lowest BCUT2D eigenvalue weighted by molar-refractivity contribution is -0.122. The summed E-state index contributed by atoms with van der Waals surface area (Å²) in [6, 6.07) is 0. The molecule has 20 heavy (non-hydrogen) atoms. The van der Waals surface area contributed by atoms with Crippen LogP contribution in [0.25, 0.3) is 0 Å². The van der Waals surface area contributed by atoms with Gasteiger partial charge in [-0.2, -0.15) is 0 Å². The first-order valence-electron chi connectivity index (χ1n) is 7.38. The Hall–Kier alpha value is -1.56. The van der Waals surface area contributed by atoms with Gasteiger partial charge in [0.2, 0.25) is 11.9 Å². The largest absolute Gasteiger partial charge is 0.304 e. The molecule has 0 aromatic carbocycles. The monoisotopic (exact) mass is 277 g/mol. The Labute approximate surface area is 119 Å². The fraction of sp³-hybridized carbons (Fsp3) is 0.714. The molecule has 1 saturated heterocycles. The number of hydrogen-bond donors (Lipinski definition) is 2. The van der Waals surface area contributed by atoms with Crippen LogP contribution in [0.15, 0.2) is 0 Å². The fourth-order valence-corrected chi connectivity index (χ4v) is 2.48. The Kier molecular flexibility index (Phi) is 4.65. The molecule has 110 valence electrons. The minimum atomic E-state index is -0.530. The van der Waals surface area contributed by atoms with Crippen LogP contribution in [0.5, 0.6) is 0 Å². The van der Waals surface area contributed by atoms with E-state index in [1.807, 2.05) is 20.8 Å². The molecule has 1 atom stereocenters. The van der Waals surface area contributed by atoms with E-state index in [-0.39, 0.29) is 5.91 Å². The number of carbonyl (C=O) groups excluding carboxylic acids is 1. The number of aromatic nitrogens is 3. The molecule has 6 heteroatoms. The van der Waals surface area contributed by atoms with E-state index in [1.165, 1.54) is 0 Å². The molecule has 0 saturated carbocycles. The average Bonchev–Trinajstić information content (AvgIpc) is 2.47. The normalized spacial score (nSPS) is 22.6. The fourth-order valence-electron chi connectivity index (χ4n) is 2.48. The van der Waals surface area contributed by atoms with Crippen molar-refractivity contribution >= 4 is 11.9 Å². The highest BCUT2D eigenvalue weighted by Crippen LogP contribution is 2.20. The smallest absolute Gasteiger partial charge is 0.249 e. The van der Waals surface area contributed by atoms with Crippen molar-refractivity contribution in [3.63, 3.8) is 0 Å². The molecule has 6 nitrogen and oxygen atoms in total. The second-order valence-electron chi connectivity index (χ2n) is 5.41. The van der Waals surface area contributed by atoms with E-state index in [2.05, 4.69) is 25.8 Å². The topological polar surface area (TPSA) is 79.8 Å². The van der Waals surface area contributed by atoms with Gasteiger partial charge in [0.25, 0.3) is 0 Å². The summed E-state index contributed by atoms with van der Waals surface area (Å²) in [5, 5.41) is 14.2. The van der Waals surface area contributed by atoms with Crippen molar-refractivity contribution in [1.29, 1.82) is 0 Å². The van der Waals surface area contributed by atoms with Crippen LogP contribution in [0.1, 0.15) is 51.4 Å². The van der Waals surface area contributed by atoms with Crippen molar-refractivity contribution in [2.75, 3.05) is 11.9 Å². The summed E-state index contributed by atoms with van der Waals surface area (Å²) in [5.41, 5.74) is 1.27. The Balaban J connectivity index is 2.11. The molecule has 1 amide bonds. The van der Waals surface area contributed by atoms with Gasteiger partial charge in [-0.25, -0.2) is 4.98 Å². The average molecular weight is 277 g/mol. The number of anilines is 1. The highest BCUT2D eigenvalue weighted by molar-refractivity contribution is 5.96. The Morgan fingerprint density at radius 1 is 1.25 bits per heavy atom. The maximum absolute atomic E-state index is 12.4. The molecule has 0 spiro atoms. The SMILES string of the molecule is CCc1nnc(NC(=O)C2(C)CCCCN2)nc1CC. The van der Waals surface area contributed by atoms with Crippen molar-refractivity contribution < 1.29 is 4.79 Å². The van der Waals surface area contributed by atoms with E-state index in [0.717, 1.165) is 50.0 Å². The van der Waals surface area contributed by atoms with Crippen LogP contribution >= 0.6 is 0 Å². The molecule has 1 unspecified atom stereocenters. The van der Waals surface area contributed by atoms with Crippen LogP contribution in [0, 0.1) is 0 Å². The molecule has 2 rings (SSSR count). The number of piperidine rings is 1. The van der Waals surface area contributed by atoms with Crippen LogP contribution in [0.3, 0.4) is 0 Å². The van der Waals surface area contributed by atoms with E-state index in [9.17, 15) is 4.79 Å². The second-order valence-corrected chi connectivity index (χ2v) is 5.41. The molecule has 1 aliphatic heterocycles. The molecule has 1 aliphatic rings. The number of rotatable bonds is 4. The predicted molar refractivity (Wildman–Crippen MR) is 77.5 cm³/mol. The van der Waals surface area contributed by atoms with Crippen LogP contribution in [-0.2, 0) is 17.6 Å². The molecule has 1 aromatic heterocycles. The first-order valence-corrected chi connectivity index (χ1v) is 7.38. The molecule has 0 radical (unpaired) electrons. The lowest BCUT2D eigenvalue weighted by atomic mass is 9.90. The maximum Gasteiger partial charge on any atom is 0.249 e. The summed E-state index contributed by atoms with van der Waals surface area (Å²) in [7, 11) is 0. The van der Waals surface area contributed by atoms with Crippen molar-refractivity contribution in [1.82, 2.24) is 20.5 Å². The Bertz CT molecular complexity index is 482. The molecular weight excluding hydrogens is 254 g/mol. The van der Waals surface area contributed by atoms with Crippen molar-refractivity contribution in [3.8, 4) is 0 Å². The van der Waals surface area contributed by atoms with E-state index >= 15 is 0 Å². The van der Waals surface area contributed by atoms with Crippen LogP contribution in [-0.4, -0.2) is 33.2 Å². The van der Waals surface area contributed by atoms with Gasteiger partial charge >= 0.3 is 0 Å². The zero-order chi connectivity index (χ0) is 14.6. The third kappa shape index (κ3) is 3.12. The van der Waals surface area contributed by atoms with E-state index in [1.54, 1.807) is 0 Å². The van der Waals surface area contributed by atoms with Crippen LogP contribution in [0.2, 0.25) is 0 Å². The van der Waals surface area contributed by atoms with Crippen molar-refractivity contribution in [3.05, 3.63) is 11.4 Å². The number of nitrogens with one attached hydrogen (secondary N) is 2. The number of carbonyl (C=O) groups is 1. The molecule has 1 aromatic rings. The minimum Gasteiger partial charge on any atom is -0.304 e. The quantitative estimate of drug-likeness (QED) is 0.871. The lowest BCUT2D eigenvalue weighted by Gasteiger charge is -2.33. The highest BCUT2D eigenvalue weighted by atomic mass is 16.2. The number of amides is 1. The van der Waals surface area contributed by atoms with E-state index < -0.39 is 5.54 Å². The van der Waals surface area contributed by atoms with Gasteiger partial charge in [-0.3, -0.25) is 10.1 Å². The molecule has 0 aliphatic carbocycles. The van der Waals surface area contributed by atoms with E-state index in [4.69, 9.17) is 0 Å². The van der Waals surface area contributed by atoms with Gasteiger partial charge in [-0.05, 0) is 45.6 Å². The van der Waals surface area contributed by atoms with Gasteiger partial charge in [0, 0.05) is 0 Å². The third-order valence-corrected chi connectivity index (χ3v) is 3.85. The highest BCUT2D eigenvalue weighted by Gasteiger charge is 2.34. The van der Waals surface area contributed by atoms with E-state index in [0.29, 0.717) is 5.95 Å². The summed E-state index contributed by atoms with van der Waals surface area (Å²) in [5.74, 6) is 0.225. The third-order valence-electron chi connectivity index (χ3n) is 3.85. The summed E-state index contributed by atoms with van der Waals surface area (Å²) in [6.45, 7) is 6.85. The number of hydrogen-bond acceptors (Lipinski definition) is 5. The van der Waals surface area contributed by atoms with Crippen molar-refractivity contribution in [2.24, 2.45) is 0 Å². The number of nitrogens with zero attached hydrogens (tertiary/aromatic N) is 3. The zero-order valence-corrected chi connectivity index (χ0v) is 12.5. The Morgan fingerprint density at radius 2 is 2.00 bits per heavy atom. The Morgan fingerprint density at radius 3 is 2.60 bits per heavy atom. The van der Waals surface area contributed by atoms with Gasteiger partial charge in [0.15, 0.2) is 0 Å². The molecule has 2 N–H and O–H groups in total.